The molecule has 0 atom stereocenters. The first kappa shape index (κ1) is 12.8. The molecule has 0 aromatic carbocycles. The molecule has 3 heterocycles. The first-order valence-corrected chi connectivity index (χ1v) is 7.12. The number of H-pyrrole nitrogens is 1. The average molecular weight is 307 g/mol. The molecule has 3 rings (SSSR count). The van der Waals surface area contributed by atoms with Crippen LogP contribution in [0.2, 0.25) is 0 Å². The van der Waals surface area contributed by atoms with Gasteiger partial charge in [0.2, 0.25) is 5.95 Å². The highest BCUT2D eigenvalue weighted by atomic mass is 32.2. The molecule has 0 unspecified atom stereocenters. The van der Waals surface area contributed by atoms with E-state index in [2.05, 4.69) is 25.4 Å². The van der Waals surface area contributed by atoms with E-state index in [1.165, 1.54) is 29.2 Å². The molecule has 0 aliphatic rings. The van der Waals surface area contributed by atoms with Crippen molar-refractivity contribution in [1.29, 1.82) is 0 Å². The van der Waals surface area contributed by atoms with Crippen LogP contribution in [-0.4, -0.2) is 19.9 Å². The van der Waals surface area contributed by atoms with Gasteiger partial charge in [-0.05, 0) is 23.2 Å². The van der Waals surface area contributed by atoms with Crippen molar-refractivity contribution in [3.8, 4) is 0 Å². The van der Waals surface area contributed by atoms with Gasteiger partial charge in [-0.25, -0.2) is 20.8 Å². The van der Waals surface area contributed by atoms with E-state index in [0.29, 0.717) is 16.1 Å². The van der Waals surface area contributed by atoms with Crippen LogP contribution in [0.5, 0.6) is 0 Å². The number of aromatic amines is 1. The molecule has 0 bridgehead atoms. The van der Waals surface area contributed by atoms with E-state index in [1.807, 2.05) is 11.4 Å². The standard InChI is InChI=1S/C10H9N7OS2/c11-5-3-6(18)14-10(13-5)20-8-4-1-2-19-7(4)15-9(16-8)17-12/h1-3H,12H2,(H,15,16,17)(H3,11,13,14,18). The van der Waals surface area contributed by atoms with Gasteiger partial charge in [0.05, 0.1) is 0 Å². The number of nitrogens with zero attached hydrogens (tertiary/aromatic N) is 3. The SMILES string of the molecule is NNc1nc(Sc2nc(N)cc(=O)[nH]2)c2ccsc2n1. The van der Waals surface area contributed by atoms with Crippen molar-refractivity contribution in [2.24, 2.45) is 5.84 Å². The Morgan fingerprint density at radius 2 is 2.20 bits per heavy atom. The number of thiophene rings is 1. The predicted octanol–water partition coefficient (Wildman–Crippen LogP) is 0.794. The topological polar surface area (TPSA) is 136 Å². The molecule has 8 nitrogen and oxygen atoms in total. The van der Waals surface area contributed by atoms with Gasteiger partial charge in [-0.15, -0.1) is 11.3 Å². The third-order valence-electron chi connectivity index (χ3n) is 2.35. The fourth-order valence-corrected chi connectivity index (χ4v) is 3.28. The van der Waals surface area contributed by atoms with Gasteiger partial charge in [0.15, 0.2) is 5.16 Å². The number of hydrogen-bond acceptors (Lipinski definition) is 9. The molecule has 0 fully saturated rings. The molecule has 0 aliphatic carbocycles. The number of nitrogens with one attached hydrogen (secondary N) is 2. The molecule has 0 spiro atoms. The molecule has 102 valence electrons. The van der Waals surface area contributed by atoms with Crippen LogP contribution < -0.4 is 22.6 Å². The highest BCUT2D eigenvalue weighted by molar-refractivity contribution is 7.99. The zero-order valence-electron chi connectivity index (χ0n) is 9.95. The summed E-state index contributed by atoms with van der Waals surface area (Å²) in [5.41, 5.74) is 7.65. The number of rotatable bonds is 3. The summed E-state index contributed by atoms with van der Waals surface area (Å²) in [6, 6.07) is 3.12. The summed E-state index contributed by atoms with van der Waals surface area (Å²) in [5.74, 6) is 5.80. The van der Waals surface area contributed by atoms with Crippen molar-refractivity contribution in [3.05, 3.63) is 27.9 Å². The van der Waals surface area contributed by atoms with Crippen molar-refractivity contribution in [2.45, 2.75) is 10.2 Å². The molecule has 0 amide bonds. The zero-order valence-corrected chi connectivity index (χ0v) is 11.6. The Kier molecular flexibility index (Phi) is 3.26. The zero-order chi connectivity index (χ0) is 14.1. The number of nitrogen functional groups attached to an aromatic ring is 2. The van der Waals surface area contributed by atoms with Crippen LogP contribution in [0.3, 0.4) is 0 Å². The van der Waals surface area contributed by atoms with Gasteiger partial charge in [-0.2, -0.15) is 0 Å². The maximum atomic E-state index is 11.4. The lowest BCUT2D eigenvalue weighted by atomic mass is 10.4. The molecular weight excluding hydrogens is 298 g/mol. The van der Waals surface area contributed by atoms with E-state index in [4.69, 9.17) is 11.6 Å². The van der Waals surface area contributed by atoms with Gasteiger partial charge >= 0.3 is 0 Å². The molecule has 3 aromatic heterocycles. The molecule has 20 heavy (non-hydrogen) atoms. The lowest BCUT2D eigenvalue weighted by Gasteiger charge is -2.04. The van der Waals surface area contributed by atoms with Crippen LogP contribution in [0.15, 0.2) is 32.5 Å². The quantitative estimate of drug-likeness (QED) is 0.241. The second kappa shape index (κ2) is 5.07. The molecule has 0 radical (unpaired) electrons. The average Bonchev–Trinajstić information content (AvgIpc) is 2.85. The van der Waals surface area contributed by atoms with Gasteiger partial charge in [0, 0.05) is 11.5 Å². The predicted molar refractivity (Wildman–Crippen MR) is 78.6 cm³/mol. The third kappa shape index (κ3) is 2.43. The van der Waals surface area contributed by atoms with Gasteiger partial charge in [0.25, 0.3) is 5.56 Å². The molecule has 0 saturated heterocycles. The van der Waals surface area contributed by atoms with Gasteiger partial charge in [0.1, 0.15) is 15.7 Å². The van der Waals surface area contributed by atoms with E-state index >= 15 is 0 Å². The molecule has 0 saturated carbocycles. The van der Waals surface area contributed by atoms with Gasteiger partial charge in [-0.1, -0.05) is 0 Å². The summed E-state index contributed by atoms with van der Waals surface area (Å²) in [7, 11) is 0. The summed E-state index contributed by atoms with van der Waals surface area (Å²) in [5, 5.41) is 3.77. The Morgan fingerprint density at radius 3 is 2.95 bits per heavy atom. The van der Waals surface area contributed by atoms with E-state index in [1.54, 1.807) is 0 Å². The summed E-state index contributed by atoms with van der Waals surface area (Å²) in [6.45, 7) is 0. The van der Waals surface area contributed by atoms with Crippen molar-refractivity contribution < 1.29 is 0 Å². The second-order valence-electron chi connectivity index (χ2n) is 3.71. The fraction of sp³-hybridized carbons (Fsp3) is 0. The van der Waals surface area contributed by atoms with E-state index < -0.39 is 0 Å². The number of hydrogen-bond donors (Lipinski definition) is 4. The molecular formula is C10H9N7OS2. The molecule has 3 aromatic rings. The Labute approximate surface area is 120 Å². The van der Waals surface area contributed by atoms with Crippen LogP contribution in [-0.2, 0) is 0 Å². The number of anilines is 2. The molecule has 6 N–H and O–H groups in total. The maximum Gasteiger partial charge on any atom is 0.253 e. The number of fused-ring (bicyclic) bond motifs is 1. The minimum atomic E-state index is -0.312. The summed E-state index contributed by atoms with van der Waals surface area (Å²) in [4.78, 5) is 27.3. The highest BCUT2D eigenvalue weighted by Crippen LogP contribution is 2.32. The van der Waals surface area contributed by atoms with Crippen molar-refractivity contribution in [3.63, 3.8) is 0 Å². The van der Waals surface area contributed by atoms with Gasteiger partial charge < -0.3 is 10.7 Å². The monoisotopic (exact) mass is 307 g/mol. The summed E-state index contributed by atoms with van der Waals surface area (Å²) < 4.78 is 0. The lowest BCUT2D eigenvalue weighted by molar-refractivity contribution is 0.940. The number of aromatic nitrogens is 4. The third-order valence-corrected chi connectivity index (χ3v) is 4.05. The minimum absolute atomic E-state index is 0.157. The maximum absolute atomic E-state index is 11.4. The van der Waals surface area contributed by atoms with Crippen molar-refractivity contribution in [1.82, 2.24) is 19.9 Å². The molecule has 10 heteroatoms. The van der Waals surface area contributed by atoms with Crippen LogP contribution >= 0.6 is 23.1 Å². The minimum Gasteiger partial charge on any atom is -0.383 e. The Balaban J connectivity index is 2.09. The van der Waals surface area contributed by atoms with Gasteiger partial charge in [-0.3, -0.25) is 10.2 Å². The number of nitrogens with two attached hydrogens (primary N) is 2. The van der Waals surface area contributed by atoms with E-state index in [9.17, 15) is 4.79 Å². The van der Waals surface area contributed by atoms with E-state index in [0.717, 1.165) is 10.2 Å². The van der Waals surface area contributed by atoms with Crippen LogP contribution in [0, 0.1) is 0 Å². The highest BCUT2D eigenvalue weighted by Gasteiger charge is 2.11. The largest absolute Gasteiger partial charge is 0.383 e. The molecule has 0 aliphatic heterocycles. The van der Waals surface area contributed by atoms with Crippen LogP contribution in [0.1, 0.15) is 0 Å². The summed E-state index contributed by atoms with van der Waals surface area (Å²) in [6.07, 6.45) is 0. The lowest BCUT2D eigenvalue weighted by Crippen LogP contribution is -2.11. The van der Waals surface area contributed by atoms with E-state index in [-0.39, 0.29) is 11.4 Å². The van der Waals surface area contributed by atoms with Crippen LogP contribution in [0.25, 0.3) is 10.2 Å². The van der Waals surface area contributed by atoms with Crippen LogP contribution in [0.4, 0.5) is 11.8 Å². The fourth-order valence-electron chi connectivity index (χ4n) is 1.56. The Bertz CT molecular complexity index is 828. The first-order chi connectivity index (χ1) is 9.65. The Hall–Kier alpha value is -2.17. The van der Waals surface area contributed by atoms with Crippen molar-refractivity contribution >= 4 is 45.1 Å². The normalized spacial score (nSPS) is 10.8. The first-order valence-electron chi connectivity index (χ1n) is 5.42. The summed E-state index contributed by atoms with van der Waals surface area (Å²) >= 11 is 2.66. The second-order valence-corrected chi connectivity index (χ2v) is 5.59. The number of hydrazine groups is 1. The van der Waals surface area contributed by atoms with Crippen molar-refractivity contribution in [2.75, 3.05) is 11.2 Å². The Morgan fingerprint density at radius 1 is 1.35 bits per heavy atom. The smallest absolute Gasteiger partial charge is 0.253 e.